The van der Waals surface area contributed by atoms with Crippen LogP contribution in [0.4, 0.5) is 0 Å². The maximum absolute atomic E-state index is 12.6. The molecule has 1 N–H and O–H groups in total. The minimum atomic E-state index is -0.767. The molecule has 0 saturated carbocycles. The number of thiazole rings is 1. The van der Waals surface area contributed by atoms with E-state index in [1.54, 1.807) is 17.5 Å². The number of piperidine rings is 1. The third-order valence-electron chi connectivity index (χ3n) is 4.06. The van der Waals surface area contributed by atoms with E-state index in [1.807, 2.05) is 21.7 Å². The lowest BCUT2D eigenvalue weighted by Crippen LogP contribution is -2.39. The van der Waals surface area contributed by atoms with Gasteiger partial charge in [-0.3, -0.25) is 9.59 Å². The number of carboxylic acids is 1. The second-order valence-corrected chi connectivity index (χ2v) is 7.54. The van der Waals surface area contributed by atoms with Crippen molar-refractivity contribution in [1.29, 1.82) is 0 Å². The smallest absolute Gasteiger partial charge is 0.303 e. The number of nitrogens with zero attached hydrogens (tertiary/aromatic N) is 2. The fraction of sp³-hybridized carbons (Fsp3) is 0.438. The number of aromatic nitrogens is 1. The Hall–Kier alpha value is -1.73. The number of hydrogen-bond donors (Lipinski definition) is 1. The molecule has 1 unspecified atom stereocenters. The van der Waals surface area contributed by atoms with Crippen LogP contribution in [-0.2, 0) is 4.79 Å². The molecule has 7 heteroatoms. The number of likely N-dealkylation sites (tertiary alicyclic amines) is 1. The first-order chi connectivity index (χ1) is 11.1. The molecule has 23 heavy (non-hydrogen) atoms. The fourth-order valence-electron chi connectivity index (χ4n) is 2.86. The average molecular weight is 350 g/mol. The Morgan fingerprint density at radius 2 is 2.30 bits per heavy atom. The Morgan fingerprint density at radius 1 is 1.43 bits per heavy atom. The second kappa shape index (κ2) is 7.23. The zero-order chi connectivity index (χ0) is 16.2. The molecule has 5 nitrogen and oxygen atoms in total. The van der Waals surface area contributed by atoms with Crippen molar-refractivity contribution < 1.29 is 14.7 Å². The number of carboxylic acid groups (broad SMARTS) is 1. The van der Waals surface area contributed by atoms with Gasteiger partial charge < -0.3 is 10.0 Å². The predicted octanol–water partition coefficient (Wildman–Crippen LogP) is 3.59. The molecule has 122 valence electrons. The van der Waals surface area contributed by atoms with Gasteiger partial charge in [0.15, 0.2) is 0 Å². The summed E-state index contributed by atoms with van der Waals surface area (Å²) in [7, 11) is 0. The van der Waals surface area contributed by atoms with Crippen molar-refractivity contribution in [3.8, 4) is 10.6 Å². The van der Waals surface area contributed by atoms with Crippen LogP contribution in [0.15, 0.2) is 23.0 Å². The van der Waals surface area contributed by atoms with Gasteiger partial charge in [-0.15, -0.1) is 11.3 Å². The maximum Gasteiger partial charge on any atom is 0.303 e. The Bertz CT molecular complexity index is 681. The van der Waals surface area contributed by atoms with Gasteiger partial charge in [0.25, 0.3) is 5.91 Å². The molecule has 0 bridgehead atoms. The molecule has 3 rings (SSSR count). The molecular weight excluding hydrogens is 332 g/mol. The van der Waals surface area contributed by atoms with Crippen LogP contribution in [0.25, 0.3) is 10.6 Å². The molecule has 1 aliphatic heterocycles. The van der Waals surface area contributed by atoms with Gasteiger partial charge in [0.1, 0.15) is 9.88 Å². The van der Waals surface area contributed by atoms with E-state index >= 15 is 0 Å². The normalized spacial score (nSPS) is 18.1. The molecule has 0 spiro atoms. The number of carbonyl (C=O) groups is 2. The summed E-state index contributed by atoms with van der Waals surface area (Å²) in [5, 5.41) is 13.7. The van der Waals surface area contributed by atoms with E-state index in [0.29, 0.717) is 17.8 Å². The molecule has 2 aromatic rings. The van der Waals surface area contributed by atoms with E-state index in [2.05, 4.69) is 4.98 Å². The van der Waals surface area contributed by atoms with Gasteiger partial charge in [0.2, 0.25) is 0 Å². The van der Waals surface area contributed by atoms with Crippen LogP contribution in [0.2, 0.25) is 0 Å². The Kier molecular flexibility index (Phi) is 5.07. The highest BCUT2D eigenvalue weighted by Crippen LogP contribution is 2.29. The van der Waals surface area contributed by atoms with Gasteiger partial charge in [-0.2, -0.15) is 11.3 Å². The molecule has 0 aromatic carbocycles. The Morgan fingerprint density at radius 3 is 3.04 bits per heavy atom. The third-order valence-corrected chi connectivity index (χ3v) is 5.77. The summed E-state index contributed by atoms with van der Waals surface area (Å²) in [5.41, 5.74) is 1.05. The molecule has 1 saturated heterocycles. The number of carbonyl (C=O) groups excluding carboxylic acids is 1. The van der Waals surface area contributed by atoms with E-state index in [4.69, 9.17) is 5.11 Å². The van der Waals surface area contributed by atoms with Crippen LogP contribution in [-0.4, -0.2) is 40.0 Å². The van der Waals surface area contributed by atoms with E-state index < -0.39 is 5.97 Å². The van der Waals surface area contributed by atoms with Crippen molar-refractivity contribution in [2.24, 2.45) is 5.92 Å². The molecule has 3 heterocycles. The quantitative estimate of drug-likeness (QED) is 0.894. The standard InChI is InChI=1S/C16H18N2O3S2/c19-14(20)4-3-11-2-1-6-18(9-11)16(21)13-8-17-15(23-13)12-5-7-22-10-12/h5,7-8,10-11H,1-4,6,9H2,(H,19,20). The molecule has 0 radical (unpaired) electrons. The summed E-state index contributed by atoms with van der Waals surface area (Å²) >= 11 is 3.03. The van der Waals surface area contributed by atoms with Gasteiger partial charge in [-0.05, 0) is 36.6 Å². The Labute approximate surface area is 142 Å². The van der Waals surface area contributed by atoms with Crippen LogP contribution in [0.5, 0.6) is 0 Å². The minimum Gasteiger partial charge on any atom is -0.481 e. The van der Waals surface area contributed by atoms with E-state index in [1.165, 1.54) is 11.3 Å². The molecule has 0 aliphatic carbocycles. The maximum atomic E-state index is 12.6. The van der Waals surface area contributed by atoms with Crippen LogP contribution >= 0.6 is 22.7 Å². The number of thiophene rings is 1. The van der Waals surface area contributed by atoms with Crippen LogP contribution in [0.1, 0.15) is 35.4 Å². The lowest BCUT2D eigenvalue weighted by molar-refractivity contribution is -0.137. The monoisotopic (exact) mass is 350 g/mol. The van der Waals surface area contributed by atoms with Crippen molar-refractivity contribution in [3.05, 3.63) is 27.9 Å². The third kappa shape index (κ3) is 3.97. The summed E-state index contributed by atoms with van der Waals surface area (Å²) in [4.78, 5) is 30.2. The highest BCUT2D eigenvalue weighted by Gasteiger charge is 2.26. The van der Waals surface area contributed by atoms with Gasteiger partial charge >= 0.3 is 5.97 Å². The lowest BCUT2D eigenvalue weighted by Gasteiger charge is -2.32. The molecule has 1 aliphatic rings. The fourth-order valence-corrected chi connectivity index (χ4v) is 4.46. The topological polar surface area (TPSA) is 70.5 Å². The van der Waals surface area contributed by atoms with Crippen molar-refractivity contribution in [3.63, 3.8) is 0 Å². The highest BCUT2D eigenvalue weighted by atomic mass is 32.1. The van der Waals surface area contributed by atoms with Crippen LogP contribution in [0, 0.1) is 5.92 Å². The summed E-state index contributed by atoms with van der Waals surface area (Å²) in [6.45, 7) is 1.39. The largest absolute Gasteiger partial charge is 0.481 e. The highest BCUT2D eigenvalue weighted by molar-refractivity contribution is 7.17. The number of rotatable bonds is 5. The molecular formula is C16H18N2O3S2. The first-order valence-corrected chi connectivity index (χ1v) is 9.39. The average Bonchev–Trinajstić information content (AvgIpc) is 3.23. The van der Waals surface area contributed by atoms with Crippen molar-refractivity contribution >= 4 is 34.6 Å². The van der Waals surface area contributed by atoms with Crippen molar-refractivity contribution in [1.82, 2.24) is 9.88 Å². The minimum absolute atomic E-state index is 0.0176. The van der Waals surface area contributed by atoms with Crippen LogP contribution in [0.3, 0.4) is 0 Å². The zero-order valence-corrected chi connectivity index (χ0v) is 14.2. The summed E-state index contributed by atoms with van der Waals surface area (Å²) in [6.07, 6.45) is 4.41. The van der Waals surface area contributed by atoms with Crippen molar-refractivity contribution in [2.45, 2.75) is 25.7 Å². The first kappa shape index (κ1) is 16.1. The zero-order valence-electron chi connectivity index (χ0n) is 12.6. The van der Waals surface area contributed by atoms with Crippen molar-refractivity contribution in [2.75, 3.05) is 13.1 Å². The molecule has 2 aromatic heterocycles. The van der Waals surface area contributed by atoms with Gasteiger partial charge in [-0.25, -0.2) is 4.98 Å². The summed E-state index contributed by atoms with van der Waals surface area (Å²) in [6, 6.07) is 2.00. The molecule has 1 fully saturated rings. The van der Waals surface area contributed by atoms with Crippen LogP contribution < -0.4 is 0 Å². The molecule has 1 amide bonds. The molecule has 1 atom stereocenters. The Balaban J connectivity index is 1.64. The van der Waals surface area contributed by atoms with Gasteiger partial charge in [-0.1, -0.05) is 0 Å². The lowest BCUT2D eigenvalue weighted by atomic mass is 9.93. The van der Waals surface area contributed by atoms with E-state index in [-0.39, 0.29) is 18.2 Å². The number of aliphatic carboxylic acids is 1. The number of amides is 1. The van der Waals surface area contributed by atoms with Gasteiger partial charge in [0.05, 0.1) is 6.20 Å². The van der Waals surface area contributed by atoms with E-state index in [9.17, 15) is 9.59 Å². The summed E-state index contributed by atoms with van der Waals surface area (Å²) in [5.74, 6) is -0.464. The summed E-state index contributed by atoms with van der Waals surface area (Å²) < 4.78 is 0. The van der Waals surface area contributed by atoms with E-state index in [0.717, 1.165) is 30.0 Å². The second-order valence-electron chi connectivity index (χ2n) is 5.73. The predicted molar refractivity (Wildman–Crippen MR) is 90.9 cm³/mol. The first-order valence-electron chi connectivity index (χ1n) is 7.63. The SMILES string of the molecule is O=C(O)CCC1CCCN(C(=O)c2cnc(-c3ccsc3)s2)C1. The number of hydrogen-bond acceptors (Lipinski definition) is 5. The van der Waals surface area contributed by atoms with Gasteiger partial charge in [0, 0.05) is 30.5 Å².